The second kappa shape index (κ2) is 5.57. The van der Waals surface area contributed by atoms with Crippen LogP contribution in [0.5, 0.6) is 0 Å². The number of halogens is 1. The Morgan fingerprint density at radius 1 is 1.30 bits per heavy atom. The van der Waals surface area contributed by atoms with Gasteiger partial charge in [0.15, 0.2) is 0 Å². The number of hydrogen-bond acceptors (Lipinski definition) is 4. The minimum absolute atomic E-state index is 0.160. The summed E-state index contributed by atoms with van der Waals surface area (Å²) >= 11 is 0. The van der Waals surface area contributed by atoms with E-state index in [0.29, 0.717) is 30.8 Å². The summed E-state index contributed by atoms with van der Waals surface area (Å²) in [5.74, 6) is 0. The Kier molecular flexibility index (Phi) is 4.19. The first-order valence-electron chi connectivity index (χ1n) is 6.37. The second-order valence-corrected chi connectivity index (χ2v) is 7.05. The molecule has 0 amide bonds. The van der Waals surface area contributed by atoms with Gasteiger partial charge in [0.05, 0.1) is 24.1 Å². The Morgan fingerprint density at radius 2 is 2.00 bits per heavy atom. The molecule has 0 aliphatic rings. The van der Waals surface area contributed by atoms with Crippen molar-refractivity contribution in [2.24, 2.45) is 7.05 Å². The number of aromatic nitrogens is 4. The maximum atomic E-state index is 11.8. The van der Waals surface area contributed by atoms with Gasteiger partial charge in [-0.25, -0.2) is 8.42 Å². The van der Waals surface area contributed by atoms with Crippen LogP contribution in [0.15, 0.2) is 17.3 Å². The van der Waals surface area contributed by atoms with Crippen LogP contribution in [0.4, 0.5) is 0 Å². The van der Waals surface area contributed by atoms with Crippen LogP contribution in [-0.4, -0.2) is 28.0 Å². The summed E-state index contributed by atoms with van der Waals surface area (Å²) in [6.45, 7) is 4.24. The summed E-state index contributed by atoms with van der Waals surface area (Å²) in [6.07, 6.45) is 4.69. The molecule has 6 nitrogen and oxygen atoms in total. The largest absolute Gasteiger partial charge is 0.275 e. The standard InChI is InChI=1S/C12H17ClN4O2S/c1-4-10-12(20(13,18)19)11(5-2)17(15-10)8-9-6-14-16(3)7-9/h6-7H,4-5,8H2,1-3H3. The van der Waals surface area contributed by atoms with Crippen molar-refractivity contribution in [2.75, 3.05) is 0 Å². The Hall–Kier alpha value is -1.34. The van der Waals surface area contributed by atoms with Gasteiger partial charge in [-0.2, -0.15) is 10.2 Å². The first-order valence-corrected chi connectivity index (χ1v) is 8.68. The molecule has 0 spiro atoms. The molecule has 0 saturated carbocycles. The van der Waals surface area contributed by atoms with Gasteiger partial charge in [0.2, 0.25) is 0 Å². The van der Waals surface area contributed by atoms with Crippen LogP contribution in [0.3, 0.4) is 0 Å². The summed E-state index contributed by atoms with van der Waals surface area (Å²) < 4.78 is 26.9. The zero-order valence-electron chi connectivity index (χ0n) is 11.7. The van der Waals surface area contributed by atoms with E-state index >= 15 is 0 Å². The van der Waals surface area contributed by atoms with Crippen LogP contribution < -0.4 is 0 Å². The number of rotatable bonds is 5. The molecule has 8 heteroatoms. The van der Waals surface area contributed by atoms with E-state index in [4.69, 9.17) is 10.7 Å². The third-order valence-corrected chi connectivity index (χ3v) is 4.50. The van der Waals surface area contributed by atoms with Crippen molar-refractivity contribution >= 4 is 19.7 Å². The van der Waals surface area contributed by atoms with Crippen LogP contribution in [0.2, 0.25) is 0 Å². The molecule has 0 radical (unpaired) electrons. The molecule has 0 bridgehead atoms. The molecule has 0 aromatic carbocycles. The third kappa shape index (κ3) is 2.88. The lowest BCUT2D eigenvalue weighted by atomic mass is 10.2. The minimum atomic E-state index is -3.79. The molecule has 0 atom stereocenters. The van der Waals surface area contributed by atoms with Crippen LogP contribution in [0, 0.1) is 0 Å². The molecule has 2 rings (SSSR count). The van der Waals surface area contributed by atoms with Crippen molar-refractivity contribution in [2.45, 2.75) is 38.1 Å². The molecule has 2 heterocycles. The minimum Gasteiger partial charge on any atom is -0.275 e. The molecule has 0 aliphatic carbocycles. The lowest BCUT2D eigenvalue weighted by Gasteiger charge is -2.05. The van der Waals surface area contributed by atoms with Crippen molar-refractivity contribution in [3.63, 3.8) is 0 Å². The van der Waals surface area contributed by atoms with Gasteiger partial charge in [-0.1, -0.05) is 13.8 Å². The maximum Gasteiger partial charge on any atom is 0.264 e. The van der Waals surface area contributed by atoms with Crippen molar-refractivity contribution in [1.82, 2.24) is 19.6 Å². The average Bonchev–Trinajstić information content (AvgIpc) is 2.92. The third-order valence-electron chi connectivity index (χ3n) is 3.08. The van der Waals surface area contributed by atoms with Gasteiger partial charge in [0.1, 0.15) is 4.90 Å². The Bertz CT molecular complexity index is 718. The topological polar surface area (TPSA) is 69.8 Å². The van der Waals surface area contributed by atoms with Gasteiger partial charge >= 0.3 is 0 Å². The van der Waals surface area contributed by atoms with E-state index in [9.17, 15) is 8.42 Å². The molecule has 2 aromatic heterocycles. The quantitative estimate of drug-likeness (QED) is 0.788. The first-order chi connectivity index (χ1) is 9.36. The summed E-state index contributed by atoms with van der Waals surface area (Å²) in [5, 5.41) is 8.48. The van der Waals surface area contributed by atoms with E-state index in [-0.39, 0.29) is 4.90 Å². The highest BCUT2D eigenvalue weighted by molar-refractivity contribution is 8.13. The molecular formula is C12H17ClN4O2S. The van der Waals surface area contributed by atoms with E-state index in [1.54, 1.807) is 15.6 Å². The summed E-state index contributed by atoms with van der Waals surface area (Å²) in [6, 6.07) is 0. The lowest BCUT2D eigenvalue weighted by Crippen LogP contribution is -2.07. The summed E-state index contributed by atoms with van der Waals surface area (Å²) in [4.78, 5) is 0.160. The highest BCUT2D eigenvalue weighted by atomic mass is 35.7. The van der Waals surface area contributed by atoms with Gasteiger partial charge in [-0.05, 0) is 12.8 Å². The van der Waals surface area contributed by atoms with Crippen molar-refractivity contribution in [3.05, 3.63) is 29.3 Å². The number of nitrogens with zero attached hydrogens (tertiary/aromatic N) is 4. The van der Waals surface area contributed by atoms with Gasteiger partial charge in [0, 0.05) is 29.5 Å². The van der Waals surface area contributed by atoms with E-state index < -0.39 is 9.05 Å². The van der Waals surface area contributed by atoms with Gasteiger partial charge < -0.3 is 0 Å². The average molecular weight is 317 g/mol. The Balaban J connectivity index is 2.51. The number of aryl methyl sites for hydroxylation is 2. The Morgan fingerprint density at radius 3 is 2.45 bits per heavy atom. The van der Waals surface area contributed by atoms with Crippen LogP contribution in [0.1, 0.15) is 30.8 Å². The highest BCUT2D eigenvalue weighted by Crippen LogP contribution is 2.26. The fraction of sp³-hybridized carbons (Fsp3) is 0.500. The molecule has 2 aromatic rings. The zero-order chi connectivity index (χ0) is 14.9. The predicted octanol–water partition coefficient (Wildman–Crippen LogP) is 1.72. The normalized spacial score (nSPS) is 12.0. The summed E-state index contributed by atoms with van der Waals surface area (Å²) in [7, 11) is 3.60. The molecule has 0 saturated heterocycles. The summed E-state index contributed by atoms with van der Waals surface area (Å²) in [5.41, 5.74) is 2.12. The fourth-order valence-electron chi connectivity index (χ4n) is 2.25. The van der Waals surface area contributed by atoms with Gasteiger partial charge in [-0.3, -0.25) is 9.36 Å². The molecule has 0 unspecified atom stereocenters. The monoisotopic (exact) mass is 316 g/mol. The predicted molar refractivity (Wildman–Crippen MR) is 76.3 cm³/mol. The van der Waals surface area contributed by atoms with Gasteiger partial charge in [-0.15, -0.1) is 0 Å². The van der Waals surface area contributed by atoms with E-state index in [0.717, 1.165) is 5.56 Å². The van der Waals surface area contributed by atoms with Gasteiger partial charge in [0.25, 0.3) is 9.05 Å². The molecule has 0 N–H and O–H groups in total. The van der Waals surface area contributed by atoms with Crippen LogP contribution >= 0.6 is 10.7 Å². The van der Waals surface area contributed by atoms with E-state index in [2.05, 4.69) is 10.2 Å². The molecule has 0 fully saturated rings. The zero-order valence-corrected chi connectivity index (χ0v) is 13.2. The van der Waals surface area contributed by atoms with Crippen LogP contribution in [0.25, 0.3) is 0 Å². The van der Waals surface area contributed by atoms with Crippen molar-refractivity contribution in [1.29, 1.82) is 0 Å². The SMILES string of the molecule is CCc1nn(Cc2cnn(C)c2)c(CC)c1S(=O)(=O)Cl. The molecule has 20 heavy (non-hydrogen) atoms. The maximum absolute atomic E-state index is 11.8. The Labute approximate surface area is 122 Å². The van der Waals surface area contributed by atoms with Crippen LogP contribution in [-0.2, 0) is 35.5 Å². The van der Waals surface area contributed by atoms with Crippen molar-refractivity contribution < 1.29 is 8.42 Å². The van der Waals surface area contributed by atoms with E-state index in [1.807, 2.05) is 27.1 Å². The molecule has 110 valence electrons. The van der Waals surface area contributed by atoms with Crippen molar-refractivity contribution in [3.8, 4) is 0 Å². The smallest absolute Gasteiger partial charge is 0.264 e. The first kappa shape index (κ1) is 15.1. The fourth-order valence-corrected chi connectivity index (χ4v) is 3.78. The number of hydrogen-bond donors (Lipinski definition) is 0. The molecule has 0 aliphatic heterocycles. The highest BCUT2D eigenvalue weighted by Gasteiger charge is 2.25. The lowest BCUT2D eigenvalue weighted by molar-refractivity contribution is 0.605. The van der Waals surface area contributed by atoms with E-state index in [1.165, 1.54) is 0 Å². The molecular weight excluding hydrogens is 300 g/mol. The second-order valence-electron chi connectivity index (χ2n) is 4.55.